The van der Waals surface area contributed by atoms with Crippen LogP contribution >= 0.6 is 0 Å². The molecule has 0 saturated carbocycles. The molecule has 1 aliphatic carbocycles. The van der Waals surface area contributed by atoms with Crippen LogP contribution in [0.15, 0.2) is 35.7 Å². The van der Waals surface area contributed by atoms with Crippen molar-refractivity contribution in [2.24, 2.45) is 0 Å². The van der Waals surface area contributed by atoms with Crippen LogP contribution in [0, 0.1) is 11.8 Å². The van der Waals surface area contributed by atoms with Crippen LogP contribution < -0.4 is 5.73 Å². The monoisotopic (exact) mass is 211 g/mol. The molecule has 3 heteroatoms. The van der Waals surface area contributed by atoms with E-state index in [1.54, 1.807) is 12.4 Å². The fourth-order valence-electron chi connectivity index (χ4n) is 1.50. The highest BCUT2D eigenvalue weighted by Gasteiger charge is 2.01. The van der Waals surface area contributed by atoms with Crippen LogP contribution in [-0.2, 0) is 0 Å². The van der Waals surface area contributed by atoms with Crippen LogP contribution in [0.1, 0.15) is 25.5 Å². The molecular weight excluding hydrogens is 198 g/mol. The quantitative estimate of drug-likeness (QED) is 0.668. The van der Waals surface area contributed by atoms with Crippen molar-refractivity contribution in [1.82, 2.24) is 9.97 Å². The number of allylic oxidation sites excluding steroid dienone is 4. The Bertz CT molecular complexity index is 515. The first-order valence-electron chi connectivity index (χ1n) is 5.22. The molecule has 0 spiro atoms. The lowest BCUT2D eigenvalue weighted by molar-refractivity contribution is 0.951. The van der Waals surface area contributed by atoms with Gasteiger partial charge in [0.1, 0.15) is 0 Å². The molecule has 0 fully saturated rings. The lowest BCUT2D eigenvalue weighted by atomic mass is 9.99. The van der Waals surface area contributed by atoms with Crippen molar-refractivity contribution in [3.63, 3.8) is 0 Å². The van der Waals surface area contributed by atoms with E-state index in [9.17, 15) is 0 Å². The van der Waals surface area contributed by atoms with Gasteiger partial charge in [0.2, 0.25) is 0 Å². The second-order valence-electron chi connectivity index (χ2n) is 3.68. The van der Waals surface area contributed by atoms with Crippen molar-refractivity contribution in [3.8, 4) is 11.8 Å². The second-order valence-corrected chi connectivity index (χ2v) is 3.68. The number of hydrogen-bond donors (Lipinski definition) is 1. The second kappa shape index (κ2) is 4.63. The summed E-state index contributed by atoms with van der Waals surface area (Å²) in [6.45, 7) is 2.10. The fourth-order valence-corrected chi connectivity index (χ4v) is 1.50. The van der Waals surface area contributed by atoms with E-state index in [1.165, 1.54) is 5.57 Å². The van der Waals surface area contributed by atoms with Crippen LogP contribution in [0.4, 0.5) is 5.82 Å². The topological polar surface area (TPSA) is 51.8 Å². The highest BCUT2D eigenvalue weighted by atomic mass is 14.9. The molecule has 3 nitrogen and oxygen atoms in total. The lowest BCUT2D eigenvalue weighted by Gasteiger charge is -2.06. The van der Waals surface area contributed by atoms with Gasteiger partial charge >= 0.3 is 0 Å². The first kappa shape index (κ1) is 10.4. The highest BCUT2D eigenvalue weighted by molar-refractivity contribution is 5.51. The molecule has 80 valence electrons. The Morgan fingerprint density at radius 3 is 2.81 bits per heavy atom. The summed E-state index contributed by atoms with van der Waals surface area (Å²) in [5, 5.41) is 0. The van der Waals surface area contributed by atoms with Crippen molar-refractivity contribution in [3.05, 3.63) is 41.4 Å². The van der Waals surface area contributed by atoms with Gasteiger partial charge in [-0.15, -0.1) is 0 Å². The van der Waals surface area contributed by atoms with Gasteiger partial charge in [-0.05, 0) is 25.7 Å². The van der Waals surface area contributed by atoms with Crippen molar-refractivity contribution >= 4 is 5.82 Å². The maximum atomic E-state index is 5.66. The predicted molar refractivity (Wildman–Crippen MR) is 64.4 cm³/mol. The Hall–Kier alpha value is -2.08. The minimum atomic E-state index is 0.382. The molecular formula is C13H13N3. The predicted octanol–water partition coefficient (Wildman–Crippen LogP) is 2.08. The van der Waals surface area contributed by atoms with Crippen LogP contribution in [0.5, 0.6) is 0 Å². The number of rotatable bonds is 0. The minimum absolute atomic E-state index is 0.382. The van der Waals surface area contributed by atoms with Gasteiger partial charge in [0.25, 0.3) is 0 Å². The van der Waals surface area contributed by atoms with Gasteiger partial charge in [-0.25, -0.2) is 9.97 Å². The normalized spacial score (nSPS) is 14.6. The summed E-state index contributed by atoms with van der Waals surface area (Å²) in [6.07, 6.45) is 9.53. The molecule has 1 aromatic heterocycles. The maximum Gasteiger partial charge on any atom is 0.158 e. The zero-order valence-electron chi connectivity index (χ0n) is 9.20. The number of nitrogens with zero attached hydrogens (tertiary/aromatic N) is 2. The first-order valence-corrected chi connectivity index (χ1v) is 5.22. The smallest absolute Gasteiger partial charge is 0.158 e. The molecule has 2 rings (SSSR count). The molecule has 1 aliphatic rings. The Morgan fingerprint density at radius 1 is 1.25 bits per heavy atom. The molecule has 0 atom stereocenters. The average Bonchev–Trinajstić information content (AvgIpc) is 2.30. The molecule has 2 N–H and O–H groups in total. The van der Waals surface area contributed by atoms with Crippen LogP contribution in [0.3, 0.4) is 0 Å². The summed E-state index contributed by atoms with van der Waals surface area (Å²) in [6, 6.07) is 0. The largest absolute Gasteiger partial charge is 0.381 e. The third-order valence-corrected chi connectivity index (χ3v) is 2.47. The minimum Gasteiger partial charge on any atom is -0.381 e. The number of aromatic nitrogens is 2. The van der Waals surface area contributed by atoms with E-state index < -0.39 is 0 Å². The number of nitrogen functional groups attached to an aromatic ring is 1. The Balaban J connectivity index is 2.29. The van der Waals surface area contributed by atoms with Gasteiger partial charge in [0.05, 0.1) is 0 Å². The number of anilines is 1. The Morgan fingerprint density at radius 2 is 2.06 bits per heavy atom. The molecule has 0 bridgehead atoms. The van der Waals surface area contributed by atoms with Gasteiger partial charge in [-0.1, -0.05) is 23.6 Å². The molecule has 0 aromatic carbocycles. The zero-order chi connectivity index (χ0) is 11.4. The van der Waals surface area contributed by atoms with Gasteiger partial charge in [-0.3, -0.25) is 0 Å². The van der Waals surface area contributed by atoms with Crippen molar-refractivity contribution in [2.75, 3.05) is 5.73 Å². The molecule has 0 unspecified atom stereocenters. The van der Waals surface area contributed by atoms with Crippen molar-refractivity contribution in [2.45, 2.75) is 19.8 Å². The summed E-state index contributed by atoms with van der Waals surface area (Å²) in [5.74, 6) is 6.43. The molecule has 16 heavy (non-hydrogen) atoms. The Kier molecular flexibility index (Phi) is 3.02. The van der Waals surface area contributed by atoms with E-state index >= 15 is 0 Å². The lowest BCUT2D eigenvalue weighted by Crippen LogP contribution is -1.96. The van der Waals surface area contributed by atoms with Crippen LogP contribution in [-0.4, -0.2) is 9.97 Å². The van der Waals surface area contributed by atoms with Crippen molar-refractivity contribution < 1.29 is 0 Å². The van der Waals surface area contributed by atoms with Gasteiger partial charge in [-0.2, -0.15) is 0 Å². The van der Waals surface area contributed by atoms with Gasteiger partial charge in [0.15, 0.2) is 11.5 Å². The zero-order valence-corrected chi connectivity index (χ0v) is 9.20. The third-order valence-electron chi connectivity index (χ3n) is 2.47. The summed E-state index contributed by atoms with van der Waals surface area (Å²) < 4.78 is 0. The SMILES string of the molecule is CC1=C(C#Cc2nccnc2N)C=CCC1. The van der Waals surface area contributed by atoms with E-state index in [0.717, 1.165) is 18.4 Å². The number of nitrogens with two attached hydrogens (primary N) is 1. The molecule has 0 amide bonds. The van der Waals surface area contributed by atoms with Gasteiger partial charge < -0.3 is 5.73 Å². The Labute approximate surface area is 95.1 Å². The van der Waals surface area contributed by atoms with Crippen LogP contribution in [0.25, 0.3) is 0 Å². The fraction of sp³-hybridized carbons (Fsp3) is 0.231. The summed E-state index contributed by atoms with van der Waals surface area (Å²) in [4.78, 5) is 8.02. The van der Waals surface area contributed by atoms with E-state index in [-0.39, 0.29) is 0 Å². The summed E-state index contributed by atoms with van der Waals surface area (Å²) in [5.41, 5.74) is 8.59. The first-order chi connectivity index (χ1) is 7.77. The number of hydrogen-bond acceptors (Lipinski definition) is 3. The molecule has 0 saturated heterocycles. The van der Waals surface area contributed by atoms with Crippen LogP contribution in [0.2, 0.25) is 0 Å². The molecule has 0 aliphatic heterocycles. The summed E-state index contributed by atoms with van der Waals surface area (Å²) in [7, 11) is 0. The summed E-state index contributed by atoms with van der Waals surface area (Å²) >= 11 is 0. The molecule has 0 radical (unpaired) electrons. The van der Waals surface area contributed by atoms with E-state index in [1.807, 2.05) is 0 Å². The van der Waals surface area contributed by atoms with Gasteiger partial charge in [0, 0.05) is 18.0 Å². The average molecular weight is 211 g/mol. The van der Waals surface area contributed by atoms with Crippen molar-refractivity contribution in [1.29, 1.82) is 0 Å². The van der Waals surface area contributed by atoms with E-state index in [4.69, 9.17) is 5.73 Å². The maximum absolute atomic E-state index is 5.66. The van der Waals surface area contributed by atoms with E-state index in [0.29, 0.717) is 11.5 Å². The standard InChI is InChI=1S/C13H13N3/c1-10-4-2-3-5-11(10)6-7-12-13(14)16-9-8-15-12/h3,5,8-9H,2,4H2,1H3,(H2,14,16). The van der Waals surface area contributed by atoms with E-state index in [2.05, 4.69) is 40.9 Å². The molecule has 1 aromatic rings. The molecule has 1 heterocycles. The highest BCUT2D eigenvalue weighted by Crippen LogP contribution is 2.17. The third kappa shape index (κ3) is 2.29.